The third kappa shape index (κ3) is 5.80. The first-order chi connectivity index (χ1) is 21.0. The number of phenolic OH excluding ortho intramolecular Hbond substituents is 2. The van der Waals surface area contributed by atoms with Gasteiger partial charge in [-0.1, -0.05) is 0 Å². The summed E-state index contributed by atoms with van der Waals surface area (Å²) in [7, 11) is 1.22. The lowest BCUT2D eigenvalue weighted by atomic mass is 9.97. The number of aliphatic hydroxyl groups is 7. The zero-order valence-electron chi connectivity index (χ0n) is 23.0. The van der Waals surface area contributed by atoms with Crippen LogP contribution in [0.2, 0.25) is 0 Å². The van der Waals surface area contributed by atoms with Crippen LogP contribution < -0.4 is 14.9 Å². The molecule has 2 aliphatic rings. The number of hydrogen-bond acceptors (Lipinski definition) is 16. The van der Waals surface area contributed by atoms with Gasteiger partial charge in [-0.2, -0.15) is 0 Å². The number of aromatic hydroxyl groups is 2. The molecule has 2 saturated heterocycles. The first-order valence-electron chi connectivity index (χ1n) is 13.4. The van der Waals surface area contributed by atoms with Crippen molar-refractivity contribution in [2.45, 2.75) is 61.4 Å². The van der Waals surface area contributed by atoms with Crippen LogP contribution in [0.5, 0.6) is 23.0 Å². The number of rotatable bonds is 8. The van der Waals surface area contributed by atoms with Gasteiger partial charge in [-0.25, -0.2) is 0 Å². The molecule has 1 aromatic heterocycles. The van der Waals surface area contributed by atoms with Crippen molar-refractivity contribution < 1.29 is 74.1 Å². The fourth-order valence-electron chi connectivity index (χ4n) is 5.04. The number of phenols is 2. The molecule has 3 aromatic rings. The van der Waals surface area contributed by atoms with Crippen LogP contribution in [0.1, 0.15) is 0 Å². The molecule has 0 spiro atoms. The lowest BCUT2D eigenvalue weighted by Gasteiger charge is -2.45. The SMILES string of the molecule is COc1cc2oc(-c3ccc(O)cc3)cc(=O)c2c(O)c1O[C@H]1O[C@@H](CO)[C@@H](O)[C@H](O)[C@H]1O[C@H]1O[C@@H](CO)[C@@H](O)[C@H](O)[C@H]1O. The number of fused-ring (bicyclic) bond motifs is 1. The summed E-state index contributed by atoms with van der Waals surface area (Å²) in [5.41, 5.74) is -0.349. The van der Waals surface area contributed by atoms with Crippen LogP contribution in [-0.4, -0.2) is 128 Å². The number of ether oxygens (including phenoxy) is 5. The summed E-state index contributed by atoms with van der Waals surface area (Å²) in [5, 5.41) is 91.7. The van der Waals surface area contributed by atoms with Gasteiger partial charge in [-0.05, 0) is 24.3 Å². The number of hydrogen-bond donors (Lipinski definition) is 9. The molecule has 0 unspecified atom stereocenters. The molecular formula is C28H32O16. The van der Waals surface area contributed by atoms with Gasteiger partial charge in [0.05, 0.1) is 20.3 Å². The predicted molar refractivity (Wildman–Crippen MR) is 145 cm³/mol. The first-order valence-corrected chi connectivity index (χ1v) is 13.4. The van der Waals surface area contributed by atoms with Crippen molar-refractivity contribution in [3.05, 3.63) is 46.6 Å². The van der Waals surface area contributed by atoms with Crippen LogP contribution >= 0.6 is 0 Å². The van der Waals surface area contributed by atoms with Gasteiger partial charge in [0.15, 0.2) is 29.3 Å². The Kier molecular flexibility index (Phi) is 9.28. The Balaban J connectivity index is 1.52. The molecule has 0 bridgehead atoms. The summed E-state index contributed by atoms with van der Waals surface area (Å²) < 4.78 is 33.6. The van der Waals surface area contributed by atoms with Gasteiger partial charge in [0.2, 0.25) is 12.0 Å². The van der Waals surface area contributed by atoms with Gasteiger partial charge in [0.1, 0.15) is 65.2 Å². The highest BCUT2D eigenvalue weighted by molar-refractivity contribution is 5.89. The fourth-order valence-corrected chi connectivity index (χ4v) is 5.04. The fraction of sp³-hybridized carbons (Fsp3) is 0.464. The zero-order chi connectivity index (χ0) is 31.9. The van der Waals surface area contributed by atoms with Gasteiger partial charge < -0.3 is 74.1 Å². The standard InChI is InChI=1S/C28H32O16/c1-39-15-7-14-18(12(32)6-13(40-14)10-2-4-11(31)5-3-10)21(35)25(15)43-28-26(23(37)20(34)17(9-30)42-28)44-27-24(38)22(36)19(33)16(8-29)41-27/h2-7,16-17,19-20,22-24,26-31,33-38H,8-9H2,1H3/t16-,17-,19+,20+,22-,23-,24+,26+,27+,28+/m0/s1. The topological polar surface area (TPSA) is 258 Å². The number of methoxy groups -OCH3 is 1. The zero-order valence-corrected chi connectivity index (χ0v) is 23.0. The number of aliphatic hydroxyl groups excluding tert-OH is 7. The van der Waals surface area contributed by atoms with Crippen LogP contribution in [-0.2, 0) is 14.2 Å². The van der Waals surface area contributed by atoms with Gasteiger partial charge in [0.25, 0.3) is 0 Å². The second kappa shape index (κ2) is 12.8. The highest BCUT2D eigenvalue weighted by Gasteiger charge is 2.51. The molecule has 2 fully saturated rings. The van der Waals surface area contributed by atoms with Crippen molar-refractivity contribution in [1.82, 2.24) is 0 Å². The van der Waals surface area contributed by atoms with E-state index in [2.05, 4.69) is 0 Å². The molecule has 240 valence electrons. The molecule has 0 saturated carbocycles. The van der Waals surface area contributed by atoms with Crippen molar-refractivity contribution in [2.24, 2.45) is 0 Å². The third-order valence-corrected chi connectivity index (χ3v) is 7.48. The Bertz CT molecular complexity index is 1510. The molecular weight excluding hydrogens is 592 g/mol. The van der Waals surface area contributed by atoms with Crippen LogP contribution in [0.25, 0.3) is 22.3 Å². The van der Waals surface area contributed by atoms with E-state index in [0.717, 1.165) is 6.07 Å². The molecule has 0 aliphatic carbocycles. The Morgan fingerprint density at radius 2 is 1.41 bits per heavy atom. The smallest absolute Gasteiger partial charge is 0.230 e. The van der Waals surface area contributed by atoms with Crippen LogP contribution in [0.4, 0.5) is 0 Å². The van der Waals surface area contributed by atoms with E-state index in [1.165, 1.54) is 37.4 Å². The van der Waals surface area contributed by atoms with Crippen molar-refractivity contribution in [3.8, 4) is 34.3 Å². The average molecular weight is 625 g/mol. The molecule has 10 atom stereocenters. The third-order valence-electron chi connectivity index (χ3n) is 7.48. The summed E-state index contributed by atoms with van der Waals surface area (Å²) in [4.78, 5) is 13.1. The van der Waals surface area contributed by atoms with E-state index >= 15 is 0 Å². The monoisotopic (exact) mass is 624 g/mol. The summed E-state index contributed by atoms with van der Waals surface area (Å²) in [5.74, 6) is -1.32. The Hall–Kier alpha value is -3.55. The van der Waals surface area contributed by atoms with Crippen molar-refractivity contribution in [2.75, 3.05) is 20.3 Å². The van der Waals surface area contributed by atoms with Crippen LogP contribution in [0.3, 0.4) is 0 Å². The molecule has 3 heterocycles. The Labute approximate surface area is 248 Å². The van der Waals surface area contributed by atoms with E-state index in [0.29, 0.717) is 5.56 Å². The molecule has 9 N–H and O–H groups in total. The molecule has 44 heavy (non-hydrogen) atoms. The molecule has 5 rings (SSSR count). The number of benzene rings is 2. The van der Waals surface area contributed by atoms with Crippen molar-refractivity contribution in [3.63, 3.8) is 0 Å². The molecule has 16 heteroatoms. The second-order valence-corrected chi connectivity index (χ2v) is 10.3. The normalized spacial score (nSPS) is 32.5. The van der Waals surface area contributed by atoms with E-state index in [1.54, 1.807) is 0 Å². The maximum atomic E-state index is 13.1. The molecule has 2 aromatic carbocycles. The van der Waals surface area contributed by atoms with Crippen molar-refractivity contribution >= 4 is 11.0 Å². The van der Waals surface area contributed by atoms with Crippen LogP contribution in [0.15, 0.2) is 45.6 Å². The molecule has 2 aliphatic heterocycles. The quantitative estimate of drug-likeness (QED) is 0.130. The average Bonchev–Trinajstić information content (AvgIpc) is 3.01. The van der Waals surface area contributed by atoms with Crippen LogP contribution in [0, 0.1) is 0 Å². The minimum absolute atomic E-state index is 0.00202. The predicted octanol–water partition coefficient (Wildman–Crippen LogP) is -2.12. The van der Waals surface area contributed by atoms with E-state index < -0.39 is 91.6 Å². The Morgan fingerprint density at radius 1 is 0.795 bits per heavy atom. The molecule has 0 amide bonds. The maximum Gasteiger partial charge on any atom is 0.230 e. The summed E-state index contributed by atoms with van der Waals surface area (Å²) >= 11 is 0. The highest BCUT2D eigenvalue weighted by Crippen LogP contribution is 2.44. The summed E-state index contributed by atoms with van der Waals surface area (Å²) in [6.07, 6.45) is -17.2. The summed E-state index contributed by atoms with van der Waals surface area (Å²) in [6, 6.07) is 8.16. The van der Waals surface area contributed by atoms with Crippen molar-refractivity contribution in [1.29, 1.82) is 0 Å². The minimum atomic E-state index is -1.90. The molecule has 16 nitrogen and oxygen atoms in total. The van der Waals surface area contributed by atoms with Gasteiger partial charge in [-0.3, -0.25) is 4.79 Å². The van der Waals surface area contributed by atoms with E-state index in [1.807, 2.05) is 0 Å². The first kappa shape index (κ1) is 31.9. The largest absolute Gasteiger partial charge is 0.508 e. The minimum Gasteiger partial charge on any atom is -0.508 e. The highest BCUT2D eigenvalue weighted by atomic mass is 16.8. The Morgan fingerprint density at radius 3 is 2.02 bits per heavy atom. The summed E-state index contributed by atoms with van der Waals surface area (Å²) in [6.45, 7) is -1.57. The van der Waals surface area contributed by atoms with Gasteiger partial charge in [-0.15, -0.1) is 0 Å². The van der Waals surface area contributed by atoms with Gasteiger partial charge in [0, 0.05) is 17.7 Å². The lowest BCUT2D eigenvalue weighted by Crippen LogP contribution is -2.65. The maximum absolute atomic E-state index is 13.1. The lowest BCUT2D eigenvalue weighted by molar-refractivity contribution is -0.358. The van der Waals surface area contributed by atoms with E-state index in [9.17, 15) is 50.8 Å². The second-order valence-electron chi connectivity index (χ2n) is 10.3. The van der Waals surface area contributed by atoms with Gasteiger partial charge >= 0.3 is 0 Å². The van der Waals surface area contributed by atoms with E-state index in [4.69, 9.17) is 28.1 Å². The molecule has 0 radical (unpaired) electrons. The van der Waals surface area contributed by atoms with E-state index in [-0.39, 0.29) is 28.2 Å².